The fourth-order valence-electron chi connectivity index (χ4n) is 2.69. The number of hydrogen-bond donors (Lipinski definition) is 1. The monoisotopic (exact) mass is 343 g/mol. The Morgan fingerprint density at radius 1 is 0.960 bits per heavy atom. The highest BCUT2D eigenvalue weighted by Gasteiger charge is 2.20. The molecule has 2 N–H and O–H groups in total. The molecule has 136 valence electrons. The third-order valence-electron chi connectivity index (χ3n) is 4.07. The Labute approximate surface area is 150 Å². The predicted octanol–water partition coefficient (Wildman–Crippen LogP) is 4.22. The van der Waals surface area contributed by atoms with Crippen LogP contribution in [0.4, 0.5) is 0 Å². The van der Waals surface area contributed by atoms with Crippen molar-refractivity contribution in [2.45, 2.75) is 39.7 Å². The van der Waals surface area contributed by atoms with Crippen LogP contribution in [0.1, 0.15) is 37.5 Å². The van der Waals surface area contributed by atoms with Gasteiger partial charge in [-0.25, -0.2) is 0 Å². The van der Waals surface area contributed by atoms with Gasteiger partial charge in [0.1, 0.15) is 19.0 Å². The average Bonchev–Trinajstić information content (AvgIpc) is 2.58. The van der Waals surface area contributed by atoms with Gasteiger partial charge in [-0.05, 0) is 41.2 Å². The third kappa shape index (κ3) is 4.89. The lowest BCUT2D eigenvalue weighted by Crippen LogP contribution is -2.16. The Balaban J connectivity index is 2.03. The first-order chi connectivity index (χ1) is 11.9. The second-order valence-electron chi connectivity index (χ2n) is 7.09. The van der Waals surface area contributed by atoms with Crippen LogP contribution in [0.25, 0.3) is 0 Å². The molecule has 0 aliphatic carbocycles. The molecule has 0 spiro atoms. The van der Waals surface area contributed by atoms with E-state index in [1.807, 2.05) is 18.2 Å². The van der Waals surface area contributed by atoms with Gasteiger partial charge in [-0.3, -0.25) is 0 Å². The van der Waals surface area contributed by atoms with Gasteiger partial charge in [0.05, 0.1) is 7.11 Å². The van der Waals surface area contributed by atoms with E-state index in [4.69, 9.17) is 19.9 Å². The van der Waals surface area contributed by atoms with Crippen molar-refractivity contribution >= 4 is 0 Å². The van der Waals surface area contributed by atoms with Gasteiger partial charge in [0, 0.05) is 6.54 Å². The summed E-state index contributed by atoms with van der Waals surface area (Å²) in [5, 5.41) is 0. The van der Waals surface area contributed by atoms with Crippen molar-refractivity contribution in [1.82, 2.24) is 0 Å². The van der Waals surface area contributed by atoms with Gasteiger partial charge >= 0.3 is 0 Å². The predicted molar refractivity (Wildman–Crippen MR) is 102 cm³/mol. The average molecular weight is 343 g/mol. The minimum absolute atomic E-state index is 0.0287. The smallest absolute Gasteiger partial charge is 0.161 e. The number of ether oxygens (including phenoxy) is 3. The molecule has 0 unspecified atom stereocenters. The Morgan fingerprint density at radius 3 is 2.32 bits per heavy atom. The van der Waals surface area contributed by atoms with E-state index < -0.39 is 0 Å². The molecule has 0 amide bonds. The van der Waals surface area contributed by atoms with Crippen molar-refractivity contribution in [3.8, 4) is 17.2 Å². The highest BCUT2D eigenvalue weighted by molar-refractivity contribution is 5.45. The van der Waals surface area contributed by atoms with Crippen LogP contribution in [-0.4, -0.2) is 20.3 Å². The number of para-hydroxylation sites is 1. The fraction of sp³-hybridized carbons (Fsp3) is 0.429. The summed E-state index contributed by atoms with van der Waals surface area (Å²) in [6.45, 7) is 10.00. The third-order valence-corrected chi connectivity index (χ3v) is 4.07. The maximum Gasteiger partial charge on any atom is 0.161 e. The summed E-state index contributed by atoms with van der Waals surface area (Å²) in [7, 11) is 1.63. The highest BCUT2D eigenvalue weighted by Crippen LogP contribution is 2.34. The molecule has 2 rings (SSSR count). The normalized spacial score (nSPS) is 11.3. The molecule has 4 heteroatoms. The van der Waals surface area contributed by atoms with Crippen LogP contribution >= 0.6 is 0 Å². The SMILES string of the molecule is COc1ccc(CN)cc1OCCOc1c(C)cccc1C(C)(C)C. The molecule has 0 saturated heterocycles. The van der Waals surface area contributed by atoms with E-state index in [9.17, 15) is 0 Å². The molecule has 0 heterocycles. The van der Waals surface area contributed by atoms with E-state index in [2.05, 4.69) is 45.9 Å². The number of hydrogen-bond acceptors (Lipinski definition) is 4. The lowest BCUT2D eigenvalue weighted by molar-refractivity contribution is 0.208. The van der Waals surface area contributed by atoms with Crippen LogP contribution in [0.5, 0.6) is 17.2 Å². The summed E-state index contributed by atoms with van der Waals surface area (Å²) in [6.07, 6.45) is 0. The van der Waals surface area contributed by atoms with E-state index in [0.717, 1.165) is 16.9 Å². The van der Waals surface area contributed by atoms with Crippen LogP contribution in [-0.2, 0) is 12.0 Å². The van der Waals surface area contributed by atoms with Gasteiger partial charge in [-0.2, -0.15) is 0 Å². The lowest BCUT2D eigenvalue weighted by Gasteiger charge is -2.24. The maximum atomic E-state index is 6.06. The van der Waals surface area contributed by atoms with Gasteiger partial charge in [0.25, 0.3) is 0 Å². The second-order valence-corrected chi connectivity index (χ2v) is 7.09. The van der Waals surface area contributed by atoms with Crippen LogP contribution in [0.3, 0.4) is 0 Å². The number of nitrogens with two attached hydrogens (primary N) is 1. The van der Waals surface area contributed by atoms with Crippen molar-refractivity contribution < 1.29 is 14.2 Å². The van der Waals surface area contributed by atoms with Gasteiger partial charge in [-0.1, -0.05) is 45.0 Å². The van der Waals surface area contributed by atoms with Crippen LogP contribution < -0.4 is 19.9 Å². The first kappa shape index (κ1) is 19.1. The molecule has 0 aliphatic heterocycles. The summed E-state index contributed by atoms with van der Waals surface area (Å²) in [4.78, 5) is 0. The largest absolute Gasteiger partial charge is 0.493 e. The fourth-order valence-corrected chi connectivity index (χ4v) is 2.69. The Hall–Kier alpha value is -2.20. The topological polar surface area (TPSA) is 53.7 Å². The molecule has 25 heavy (non-hydrogen) atoms. The molecule has 0 atom stereocenters. The lowest BCUT2D eigenvalue weighted by atomic mass is 9.85. The number of benzene rings is 2. The van der Waals surface area contributed by atoms with Crippen molar-refractivity contribution in [1.29, 1.82) is 0 Å². The van der Waals surface area contributed by atoms with Crippen molar-refractivity contribution in [3.63, 3.8) is 0 Å². The number of rotatable bonds is 7. The van der Waals surface area contributed by atoms with Crippen LogP contribution in [0, 0.1) is 6.92 Å². The zero-order valence-electron chi connectivity index (χ0n) is 15.9. The molecule has 4 nitrogen and oxygen atoms in total. The summed E-state index contributed by atoms with van der Waals surface area (Å²) in [5.41, 5.74) is 9.07. The van der Waals surface area contributed by atoms with Crippen molar-refractivity contribution in [2.75, 3.05) is 20.3 Å². The molecule has 0 aromatic heterocycles. The molecule has 2 aromatic rings. The molecule has 0 bridgehead atoms. The van der Waals surface area contributed by atoms with Gasteiger partial charge in [0.2, 0.25) is 0 Å². The molecular weight excluding hydrogens is 314 g/mol. The summed E-state index contributed by atoms with van der Waals surface area (Å²) in [6, 6.07) is 12.0. The maximum absolute atomic E-state index is 6.06. The first-order valence-electron chi connectivity index (χ1n) is 8.59. The Morgan fingerprint density at radius 2 is 1.68 bits per heavy atom. The Kier molecular flexibility index (Phi) is 6.32. The summed E-state index contributed by atoms with van der Waals surface area (Å²) >= 11 is 0. The van der Waals surface area contributed by atoms with E-state index in [1.165, 1.54) is 5.56 Å². The number of aryl methyl sites for hydroxylation is 1. The summed E-state index contributed by atoms with van der Waals surface area (Å²) < 4.78 is 17.2. The molecular formula is C21H29NO3. The van der Waals surface area contributed by atoms with Crippen LogP contribution in [0.15, 0.2) is 36.4 Å². The quantitative estimate of drug-likeness (QED) is 0.765. The zero-order valence-corrected chi connectivity index (χ0v) is 15.9. The molecule has 0 radical (unpaired) electrons. The van der Waals surface area contributed by atoms with Crippen molar-refractivity contribution in [2.24, 2.45) is 5.73 Å². The molecule has 0 aliphatic rings. The minimum Gasteiger partial charge on any atom is -0.493 e. The minimum atomic E-state index is 0.0287. The van der Waals surface area contributed by atoms with Gasteiger partial charge in [0.15, 0.2) is 11.5 Å². The Bertz CT molecular complexity index is 705. The van der Waals surface area contributed by atoms with Crippen molar-refractivity contribution in [3.05, 3.63) is 53.1 Å². The number of methoxy groups -OCH3 is 1. The van der Waals surface area contributed by atoms with E-state index in [1.54, 1.807) is 7.11 Å². The zero-order chi connectivity index (χ0) is 18.4. The van der Waals surface area contributed by atoms with E-state index in [0.29, 0.717) is 31.3 Å². The molecule has 0 saturated carbocycles. The summed E-state index contributed by atoms with van der Waals surface area (Å²) in [5.74, 6) is 2.33. The highest BCUT2D eigenvalue weighted by atomic mass is 16.5. The van der Waals surface area contributed by atoms with Gasteiger partial charge in [-0.15, -0.1) is 0 Å². The molecule has 2 aromatic carbocycles. The first-order valence-corrected chi connectivity index (χ1v) is 8.59. The second kappa shape index (κ2) is 8.26. The van der Waals surface area contributed by atoms with E-state index >= 15 is 0 Å². The molecule has 0 fully saturated rings. The van der Waals surface area contributed by atoms with Gasteiger partial charge < -0.3 is 19.9 Å². The van der Waals surface area contributed by atoms with Crippen LogP contribution in [0.2, 0.25) is 0 Å². The van der Waals surface area contributed by atoms with E-state index in [-0.39, 0.29) is 5.41 Å². The standard InChI is InChI=1S/C21H29NO3/c1-15-7-6-8-17(21(2,3)4)20(15)25-12-11-24-19-13-16(14-22)9-10-18(19)23-5/h6-10,13H,11-12,14,22H2,1-5H3.